The molecule has 0 atom stereocenters. The van der Waals surface area contributed by atoms with Crippen molar-refractivity contribution in [2.24, 2.45) is 0 Å². The van der Waals surface area contributed by atoms with Crippen LogP contribution in [0.5, 0.6) is 0 Å². The third kappa shape index (κ3) is 2.97. The molecule has 0 fully saturated rings. The molecule has 146 valence electrons. The van der Waals surface area contributed by atoms with Gasteiger partial charge in [0.1, 0.15) is 0 Å². The van der Waals surface area contributed by atoms with Crippen molar-refractivity contribution < 1.29 is 0 Å². The lowest BCUT2D eigenvalue weighted by atomic mass is 9.85. The summed E-state index contributed by atoms with van der Waals surface area (Å²) in [5.41, 5.74) is 5.12. The molecule has 0 aromatic heterocycles. The van der Waals surface area contributed by atoms with E-state index in [0.717, 1.165) is 4.47 Å². The Balaban J connectivity index is 1.82. The summed E-state index contributed by atoms with van der Waals surface area (Å²) in [7, 11) is 0. The van der Waals surface area contributed by atoms with Crippen LogP contribution in [0.1, 0.15) is 0 Å². The Bertz CT molecular complexity index is 1510. The Morgan fingerprint density at radius 1 is 0.387 bits per heavy atom. The molecule has 31 heavy (non-hydrogen) atoms. The summed E-state index contributed by atoms with van der Waals surface area (Å²) in [5.74, 6) is 0. The van der Waals surface area contributed by atoms with E-state index in [4.69, 9.17) is 0 Å². The maximum absolute atomic E-state index is 3.58. The molecule has 0 spiro atoms. The number of rotatable bonds is 2. The van der Waals surface area contributed by atoms with Gasteiger partial charge in [-0.05, 0) is 66.7 Å². The molecule has 0 saturated carbocycles. The minimum absolute atomic E-state index is 1.09. The first kappa shape index (κ1) is 18.4. The van der Waals surface area contributed by atoms with Gasteiger partial charge in [0.05, 0.1) is 0 Å². The van der Waals surface area contributed by atoms with E-state index in [1.54, 1.807) is 0 Å². The zero-order chi connectivity index (χ0) is 20.8. The van der Waals surface area contributed by atoms with Gasteiger partial charge in [-0.3, -0.25) is 0 Å². The van der Waals surface area contributed by atoms with Crippen LogP contribution in [0.25, 0.3) is 54.6 Å². The Morgan fingerprint density at radius 2 is 0.871 bits per heavy atom. The highest BCUT2D eigenvalue weighted by atomic mass is 79.9. The number of hydrogen-bond donors (Lipinski definition) is 0. The van der Waals surface area contributed by atoms with Crippen LogP contribution < -0.4 is 0 Å². The summed E-state index contributed by atoms with van der Waals surface area (Å²) < 4.78 is 1.09. The fourth-order valence-electron chi connectivity index (χ4n) is 4.79. The van der Waals surface area contributed by atoms with Gasteiger partial charge in [0.25, 0.3) is 0 Å². The minimum Gasteiger partial charge on any atom is -0.0616 e. The maximum Gasteiger partial charge on any atom is 0.0175 e. The van der Waals surface area contributed by atoms with Crippen molar-refractivity contribution in [2.75, 3.05) is 0 Å². The molecule has 0 aliphatic rings. The first-order valence-electron chi connectivity index (χ1n) is 10.5. The molecule has 0 unspecified atom stereocenters. The second-order valence-corrected chi connectivity index (χ2v) is 8.79. The van der Waals surface area contributed by atoms with Gasteiger partial charge in [0, 0.05) is 4.47 Å². The summed E-state index contributed by atoms with van der Waals surface area (Å²) in [6.45, 7) is 0. The molecule has 6 aromatic carbocycles. The maximum atomic E-state index is 3.58. The smallest absolute Gasteiger partial charge is 0.0175 e. The van der Waals surface area contributed by atoms with Crippen molar-refractivity contribution in [3.63, 3.8) is 0 Å². The Morgan fingerprint density at radius 3 is 1.48 bits per heavy atom. The SMILES string of the molecule is Brc1ccc(-c2c3ccccc3c(-c3cccc4ccccc34)c3ccccc23)cc1. The van der Waals surface area contributed by atoms with E-state index < -0.39 is 0 Å². The lowest BCUT2D eigenvalue weighted by molar-refractivity contribution is 1.63. The third-order valence-electron chi connectivity index (χ3n) is 6.12. The fraction of sp³-hybridized carbons (Fsp3) is 0. The molecular formula is C30H19Br. The Labute approximate surface area is 189 Å². The highest BCUT2D eigenvalue weighted by Gasteiger charge is 2.17. The van der Waals surface area contributed by atoms with E-state index in [-0.39, 0.29) is 0 Å². The number of halogens is 1. The van der Waals surface area contributed by atoms with Crippen molar-refractivity contribution in [3.8, 4) is 22.3 Å². The summed E-state index contributed by atoms with van der Waals surface area (Å²) in [6.07, 6.45) is 0. The molecule has 0 aliphatic carbocycles. The van der Waals surface area contributed by atoms with Crippen LogP contribution >= 0.6 is 15.9 Å². The lowest BCUT2D eigenvalue weighted by Crippen LogP contribution is -1.91. The van der Waals surface area contributed by atoms with E-state index in [1.807, 2.05) is 0 Å². The first-order chi connectivity index (χ1) is 15.3. The third-order valence-corrected chi connectivity index (χ3v) is 6.65. The lowest BCUT2D eigenvalue weighted by Gasteiger charge is -2.18. The average molecular weight is 459 g/mol. The second kappa shape index (κ2) is 7.37. The molecule has 0 nitrogen and oxygen atoms in total. The van der Waals surface area contributed by atoms with Crippen molar-refractivity contribution in [3.05, 3.63) is 120 Å². The average Bonchev–Trinajstić information content (AvgIpc) is 2.83. The van der Waals surface area contributed by atoms with E-state index in [1.165, 1.54) is 54.6 Å². The van der Waals surface area contributed by atoms with Gasteiger partial charge in [-0.25, -0.2) is 0 Å². The molecular weight excluding hydrogens is 440 g/mol. The van der Waals surface area contributed by atoms with Crippen molar-refractivity contribution in [1.29, 1.82) is 0 Å². The van der Waals surface area contributed by atoms with Crippen LogP contribution in [0.4, 0.5) is 0 Å². The zero-order valence-corrected chi connectivity index (χ0v) is 18.4. The molecule has 0 saturated heterocycles. The van der Waals surface area contributed by atoms with Crippen LogP contribution in [0, 0.1) is 0 Å². The van der Waals surface area contributed by atoms with Gasteiger partial charge < -0.3 is 0 Å². The highest BCUT2D eigenvalue weighted by molar-refractivity contribution is 9.10. The van der Waals surface area contributed by atoms with E-state index in [9.17, 15) is 0 Å². The molecule has 0 amide bonds. The van der Waals surface area contributed by atoms with E-state index >= 15 is 0 Å². The van der Waals surface area contributed by atoms with Crippen LogP contribution in [0.2, 0.25) is 0 Å². The van der Waals surface area contributed by atoms with Gasteiger partial charge in [-0.15, -0.1) is 0 Å². The normalized spacial score (nSPS) is 11.4. The van der Waals surface area contributed by atoms with Crippen LogP contribution in [-0.4, -0.2) is 0 Å². The molecule has 0 radical (unpaired) electrons. The van der Waals surface area contributed by atoms with Gasteiger partial charge >= 0.3 is 0 Å². The monoisotopic (exact) mass is 458 g/mol. The molecule has 1 heteroatoms. The molecule has 0 aliphatic heterocycles. The van der Waals surface area contributed by atoms with Crippen LogP contribution in [0.3, 0.4) is 0 Å². The quantitative estimate of drug-likeness (QED) is 0.226. The minimum atomic E-state index is 1.09. The molecule has 0 N–H and O–H groups in total. The van der Waals surface area contributed by atoms with Gasteiger partial charge in [0.2, 0.25) is 0 Å². The first-order valence-corrected chi connectivity index (χ1v) is 11.3. The van der Waals surface area contributed by atoms with Crippen molar-refractivity contribution in [2.45, 2.75) is 0 Å². The number of hydrogen-bond acceptors (Lipinski definition) is 0. The highest BCUT2D eigenvalue weighted by Crippen LogP contribution is 2.45. The summed E-state index contributed by atoms with van der Waals surface area (Å²) in [6, 6.07) is 41.6. The van der Waals surface area contributed by atoms with Gasteiger partial charge in [0.15, 0.2) is 0 Å². The summed E-state index contributed by atoms with van der Waals surface area (Å²) >= 11 is 3.58. The molecule has 6 rings (SSSR count). The molecule has 0 bridgehead atoms. The van der Waals surface area contributed by atoms with Crippen LogP contribution in [0.15, 0.2) is 120 Å². The summed E-state index contributed by atoms with van der Waals surface area (Å²) in [5, 5.41) is 7.70. The second-order valence-electron chi connectivity index (χ2n) is 7.87. The Hall–Kier alpha value is -3.42. The largest absolute Gasteiger partial charge is 0.0616 e. The predicted octanol–water partition coefficient (Wildman–Crippen LogP) is 9.24. The molecule has 6 aromatic rings. The van der Waals surface area contributed by atoms with Gasteiger partial charge in [-0.2, -0.15) is 0 Å². The number of fused-ring (bicyclic) bond motifs is 3. The predicted molar refractivity (Wildman–Crippen MR) is 138 cm³/mol. The summed E-state index contributed by atoms with van der Waals surface area (Å²) in [4.78, 5) is 0. The molecule has 0 heterocycles. The zero-order valence-electron chi connectivity index (χ0n) is 16.8. The topological polar surface area (TPSA) is 0 Å². The van der Waals surface area contributed by atoms with Gasteiger partial charge in [-0.1, -0.05) is 119 Å². The van der Waals surface area contributed by atoms with Crippen LogP contribution in [-0.2, 0) is 0 Å². The van der Waals surface area contributed by atoms with Crippen molar-refractivity contribution >= 4 is 48.2 Å². The number of benzene rings is 6. The Kier molecular flexibility index (Phi) is 4.36. The van der Waals surface area contributed by atoms with E-state index in [2.05, 4.69) is 131 Å². The fourth-order valence-corrected chi connectivity index (χ4v) is 5.05. The van der Waals surface area contributed by atoms with E-state index in [0.29, 0.717) is 0 Å². The standard InChI is InChI=1S/C30H19Br/c31-22-18-16-21(17-19-22)29-25-11-3-5-13-27(25)30(28-14-6-4-12-26(28)29)24-15-7-9-20-8-1-2-10-23(20)24/h1-19H. The van der Waals surface area contributed by atoms with Crippen molar-refractivity contribution in [1.82, 2.24) is 0 Å².